The summed E-state index contributed by atoms with van der Waals surface area (Å²) in [5.41, 5.74) is 2.53. The molecule has 1 aromatic carbocycles. The SMILES string of the molecule is Fc1ccc(-c2cnnc(N3CCC[C@H]3c3ccccn3)n2)cc1. The summed E-state index contributed by atoms with van der Waals surface area (Å²) in [4.78, 5) is 11.2. The monoisotopic (exact) mass is 321 g/mol. The molecule has 2 aromatic heterocycles. The molecule has 24 heavy (non-hydrogen) atoms. The molecule has 5 nitrogen and oxygen atoms in total. The van der Waals surface area contributed by atoms with E-state index in [-0.39, 0.29) is 11.9 Å². The van der Waals surface area contributed by atoms with Gasteiger partial charge in [0.1, 0.15) is 5.82 Å². The highest BCUT2D eigenvalue weighted by atomic mass is 19.1. The molecule has 0 bridgehead atoms. The zero-order valence-corrected chi connectivity index (χ0v) is 13.0. The Bertz CT molecular complexity index is 822. The van der Waals surface area contributed by atoms with E-state index in [9.17, 15) is 4.39 Å². The van der Waals surface area contributed by atoms with Gasteiger partial charge in [-0.15, -0.1) is 5.10 Å². The average Bonchev–Trinajstić information content (AvgIpc) is 3.13. The van der Waals surface area contributed by atoms with Crippen LogP contribution in [0.4, 0.5) is 10.3 Å². The summed E-state index contributed by atoms with van der Waals surface area (Å²) >= 11 is 0. The van der Waals surface area contributed by atoms with Crippen LogP contribution in [0.2, 0.25) is 0 Å². The van der Waals surface area contributed by atoms with Crippen LogP contribution in [0.1, 0.15) is 24.6 Å². The van der Waals surface area contributed by atoms with Crippen LogP contribution in [0.25, 0.3) is 11.3 Å². The van der Waals surface area contributed by atoms with E-state index in [0.717, 1.165) is 30.6 Å². The van der Waals surface area contributed by atoms with E-state index in [4.69, 9.17) is 0 Å². The van der Waals surface area contributed by atoms with Gasteiger partial charge < -0.3 is 4.90 Å². The fraction of sp³-hybridized carbons (Fsp3) is 0.222. The fourth-order valence-corrected chi connectivity index (χ4v) is 3.06. The van der Waals surface area contributed by atoms with Gasteiger partial charge in [0, 0.05) is 18.3 Å². The number of anilines is 1. The molecule has 1 aliphatic heterocycles. The predicted molar refractivity (Wildman–Crippen MR) is 88.8 cm³/mol. The molecule has 0 saturated carbocycles. The Hall–Kier alpha value is -2.89. The van der Waals surface area contributed by atoms with Crippen LogP contribution in [0.3, 0.4) is 0 Å². The normalized spacial score (nSPS) is 17.2. The van der Waals surface area contributed by atoms with Crippen LogP contribution in [0.5, 0.6) is 0 Å². The molecule has 1 fully saturated rings. The molecule has 3 aromatic rings. The van der Waals surface area contributed by atoms with Crippen molar-refractivity contribution in [3.63, 3.8) is 0 Å². The second kappa shape index (κ2) is 6.31. The van der Waals surface area contributed by atoms with E-state index in [1.807, 2.05) is 18.2 Å². The lowest BCUT2D eigenvalue weighted by atomic mass is 10.1. The summed E-state index contributed by atoms with van der Waals surface area (Å²) in [6.07, 6.45) is 5.48. The smallest absolute Gasteiger partial charge is 0.246 e. The molecule has 0 N–H and O–H groups in total. The van der Waals surface area contributed by atoms with Crippen molar-refractivity contribution in [2.75, 3.05) is 11.4 Å². The average molecular weight is 321 g/mol. The minimum atomic E-state index is -0.268. The summed E-state index contributed by atoms with van der Waals surface area (Å²) in [6, 6.07) is 12.3. The summed E-state index contributed by atoms with van der Waals surface area (Å²) in [6.45, 7) is 0.871. The third-order valence-corrected chi connectivity index (χ3v) is 4.23. The molecule has 1 aliphatic rings. The van der Waals surface area contributed by atoms with Crippen molar-refractivity contribution in [1.29, 1.82) is 0 Å². The van der Waals surface area contributed by atoms with Crippen molar-refractivity contribution in [2.45, 2.75) is 18.9 Å². The molecule has 0 aliphatic carbocycles. The van der Waals surface area contributed by atoms with E-state index < -0.39 is 0 Å². The van der Waals surface area contributed by atoms with E-state index in [0.29, 0.717) is 11.6 Å². The number of hydrogen-bond donors (Lipinski definition) is 0. The first-order valence-corrected chi connectivity index (χ1v) is 7.94. The number of aromatic nitrogens is 4. The Labute approximate surface area is 139 Å². The third kappa shape index (κ3) is 2.82. The van der Waals surface area contributed by atoms with Gasteiger partial charge >= 0.3 is 0 Å². The van der Waals surface area contributed by atoms with E-state index >= 15 is 0 Å². The zero-order chi connectivity index (χ0) is 16.4. The highest BCUT2D eigenvalue weighted by molar-refractivity contribution is 5.59. The van der Waals surface area contributed by atoms with Gasteiger partial charge in [0.05, 0.1) is 23.6 Å². The first-order chi connectivity index (χ1) is 11.8. The van der Waals surface area contributed by atoms with Gasteiger partial charge in [0.25, 0.3) is 0 Å². The molecule has 3 heterocycles. The Morgan fingerprint density at radius 3 is 2.75 bits per heavy atom. The largest absolute Gasteiger partial charge is 0.331 e. The molecule has 6 heteroatoms. The topological polar surface area (TPSA) is 54.8 Å². The van der Waals surface area contributed by atoms with Crippen LogP contribution < -0.4 is 4.90 Å². The maximum atomic E-state index is 13.1. The van der Waals surface area contributed by atoms with Gasteiger partial charge in [-0.25, -0.2) is 9.37 Å². The number of benzene rings is 1. The van der Waals surface area contributed by atoms with E-state index in [2.05, 4.69) is 25.1 Å². The summed E-state index contributed by atoms with van der Waals surface area (Å²) in [7, 11) is 0. The van der Waals surface area contributed by atoms with Gasteiger partial charge in [-0.05, 0) is 49.2 Å². The van der Waals surface area contributed by atoms with E-state index in [1.165, 1.54) is 12.1 Å². The van der Waals surface area contributed by atoms with Crippen molar-refractivity contribution in [3.05, 3.63) is 66.4 Å². The van der Waals surface area contributed by atoms with Gasteiger partial charge in [0.15, 0.2) is 0 Å². The maximum absolute atomic E-state index is 13.1. The number of hydrogen-bond acceptors (Lipinski definition) is 5. The summed E-state index contributed by atoms with van der Waals surface area (Å²) < 4.78 is 13.1. The summed E-state index contributed by atoms with van der Waals surface area (Å²) in [5.74, 6) is 0.320. The Kier molecular flexibility index (Phi) is 3.86. The maximum Gasteiger partial charge on any atom is 0.246 e. The van der Waals surface area contributed by atoms with Crippen LogP contribution in [0.15, 0.2) is 54.9 Å². The predicted octanol–water partition coefficient (Wildman–Crippen LogP) is 3.41. The molecule has 4 rings (SSSR count). The van der Waals surface area contributed by atoms with Crippen LogP contribution >= 0.6 is 0 Å². The van der Waals surface area contributed by atoms with Gasteiger partial charge in [0.2, 0.25) is 5.95 Å². The second-order valence-corrected chi connectivity index (χ2v) is 5.75. The molecule has 0 amide bonds. The van der Waals surface area contributed by atoms with Crippen molar-refractivity contribution in [3.8, 4) is 11.3 Å². The third-order valence-electron chi connectivity index (χ3n) is 4.23. The molecule has 1 saturated heterocycles. The van der Waals surface area contributed by atoms with Gasteiger partial charge in [-0.1, -0.05) is 6.07 Å². The highest BCUT2D eigenvalue weighted by Crippen LogP contribution is 2.33. The minimum absolute atomic E-state index is 0.163. The lowest BCUT2D eigenvalue weighted by molar-refractivity contribution is 0.628. The van der Waals surface area contributed by atoms with Gasteiger partial charge in [-0.2, -0.15) is 5.10 Å². The number of pyridine rings is 1. The van der Waals surface area contributed by atoms with E-state index in [1.54, 1.807) is 24.5 Å². The van der Waals surface area contributed by atoms with Crippen LogP contribution in [0, 0.1) is 5.82 Å². The first-order valence-electron chi connectivity index (χ1n) is 7.94. The molecule has 0 unspecified atom stereocenters. The standard InChI is InChI=1S/C18H16FN5/c19-14-8-6-13(7-9-14)16-12-21-23-18(22-16)24-11-3-5-17(24)15-4-1-2-10-20-15/h1-2,4,6-10,12,17H,3,5,11H2/t17-/m0/s1. The molecule has 0 radical (unpaired) electrons. The van der Waals surface area contributed by atoms with Crippen LogP contribution in [-0.2, 0) is 0 Å². The molecular weight excluding hydrogens is 305 g/mol. The number of rotatable bonds is 3. The number of nitrogens with zero attached hydrogens (tertiary/aromatic N) is 5. The molecule has 120 valence electrons. The van der Waals surface area contributed by atoms with Crippen molar-refractivity contribution < 1.29 is 4.39 Å². The number of halogens is 1. The van der Waals surface area contributed by atoms with Crippen molar-refractivity contribution >= 4 is 5.95 Å². The van der Waals surface area contributed by atoms with Gasteiger partial charge in [-0.3, -0.25) is 4.98 Å². The Morgan fingerprint density at radius 2 is 1.96 bits per heavy atom. The Morgan fingerprint density at radius 1 is 1.08 bits per heavy atom. The Balaban J connectivity index is 1.66. The second-order valence-electron chi connectivity index (χ2n) is 5.75. The fourth-order valence-electron chi connectivity index (χ4n) is 3.06. The molecular formula is C18H16FN5. The van der Waals surface area contributed by atoms with Crippen molar-refractivity contribution in [1.82, 2.24) is 20.2 Å². The zero-order valence-electron chi connectivity index (χ0n) is 13.0. The molecule has 0 spiro atoms. The highest BCUT2D eigenvalue weighted by Gasteiger charge is 2.29. The lowest BCUT2D eigenvalue weighted by Gasteiger charge is -2.23. The molecule has 1 atom stereocenters. The summed E-state index contributed by atoms with van der Waals surface area (Å²) in [5, 5.41) is 8.29. The quantitative estimate of drug-likeness (QED) is 0.740. The minimum Gasteiger partial charge on any atom is -0.331 e. The lowest BCUT2D eigenvalue weighted by Crippen LogP contribution is -2.25. The first kappa shape index (κ1) is 14.7. The van der Waals surface area contributed by atoms with Crippen molar-refractivity contribution in [2.24, 2.45) is 0 Å². The van der Waals surface area contributed by atoms with Crippen LogP contribution in [-0.4, -0.2) is 26.7 Å².